The van der Waals surface area contributed by atoms with Crippen LogP contribution in [0.3, 0.4) is 0 Å². The zero-order valence-electron chi connectivity index (χ0n) is 4.17. The molecule has 0 spiro atoms. The number of aliphatic hydroxyl groups is 1. The molecule has 0 aliphatic carbocycles. The fourth-order valence-corrected chi connectivity index (χ4v) is 0. The van der Waals surface area contributed by atoms with Gasteiger partial charge in [0.15, 0.2) is 0 Å². The van der Waals surface area contributed by atoms with Crippen molar-refractivity contribution in [3.8, 4) is 0 Å². The quantitative estimate of drug-likeness (QED) is 0.473. The van der Waals surface area contributed by atoms with Gasteiger partial charge in [0, 0.05) is 6.61 Å². The van der Waals surface area contributed by atoms with Crippen molar-refractivity contribution in [3.05, 3.63) is 0 Å². The molecule has 0 saturated heterocycles. The predicted molar refractivity (Wildman–Crippen MR) is 16.4 cm³/mol. The van der Waals surface area contributed by atoms with E-state index in [1.165, 1.54) is 0 Å². The monoisotopic (exact) mass is 322 g/mol. The Morgan fingerprint density at radius 3 is 1.12 bits per heavy atom. The van der Waals surface area contributed by atoms with E-state index in [2.05, 4.69) is 0 Å². The van der Waals surface area contributed by atoms with Crippen LogP contribution in [0.15, 0.2) is 0 Å². The normalized spacial score (nSPS) is 2.25. The van der Waals surface area contributed by atoms with E-state index >= 15 is 0 Å². The number of rotatable bonds is 0. The molecule has 6 heteroatoms. The fourth-order valence-electron chi connectivity index (χ4n) is 0. The van der Waals surface area contributed by atoms with Crippen LogP contribution in [0.25, 0.3) is 0 Å². The van der Waals surface area contributed by atoms with Crippen molar-refractivity contribution in [2.45, 2.75) is 6.92 Å². The van der Waals surface area contributed by atoms with Crippen LogP contribution in [-0.4, -0.2) is 17.2 Å². The fraction of sp³-hybridized carbons (Fsp3) is 1.00. The summed E-state index contributed by atoms with van der Waals surface area (Å²) in [4.78, 5) is 0. The molecule has 0 aromatic carbocycles. The van der Waals surface area contributed by atoms with Crippen LogP contribution < -0.4 is 37.2 Å². The first-order valence-electron chi connectivity index (χ1n) is 1.02. The smallest absolute Gasteiger partial charge is 1.00 e. The average molecular weight is 322 g/mol. The van der Waals surface area contributed by atoms with Crippen molar-refractivity contribution in [1.82, 2.24) is 0 Å². The van der Waals surface area contributed by atoms with Gasteiger partial charge in [0.2, 0.25) is 0 Å². The third-order valence-electron chi connectivity index (χ3n) is 0. The molecule has 0 bridgehead atoms. The van der Waals surface area contributed by atoms with E-state index < -0.39 is 0 Å². The summed E-state index contributed by atoms with van der Waals surface area (Å²) in [5.41, 5.74) is 0. The minimum Gasteiger partial charge on any atom is -1.00 e. The van der Waals surface area contributed by atoms with Crippen LogP contribution in [0.1, 0.15) is 6.92 Å². The minimum absolute atomic E-state index is 0. The summed E-state index contributed by atoms with van der Waals surface area (Å²) in [5, 5.41) is 7.57. The van der Waals surface area contributed by atoms with Crippen molar-refractivity contribution >= 4 is 0 Å². The van der Waals surface area contributed by atoms with Crippen LogP contribution >= 0.6 is 0 Å². The minimum atomic E-state index is 0. The maximum atomic E-state index is 7.57. The summed E-state index contributed by atoms with van der Waals surface area (Å²) in [5.74, 6) is 0. The molecule has 0 aliphatic heterocycles. The molecule has 2 nitrogen and oxygen atoms in total. The van der Waals surface area contributed by atoms with Gasteiger partial charge in [-0.05, 0) is 6.92 Å². The van der Waals surface area contributed by atoms with Crippen molar-refractivity contribution in [2.24, 2.45) is 0 Å². The van der Waals surface area contributed by atoms with E-state index in [1.54, 1.807) is 6.92 Å². The molecule has 0 rings (SSSR count). The molecule has 0 saturated carbocycles. The van der Waals surface area contributed by atoms with Gasteiger partial charge >= 0.3 is 49.4 Å². The summed E-state index contributed by atoms with van der Waals surface area (Å²) in [6.45, 7) is 1.93. The Kier molecular flexibility index (Phi) is 344. The topological polar surface area (TPSA) is 51.7 Å². The Morgan fingerprint density at radius 1 is 1.12 bits per heavy atom. The SMILES string of the molecule is CCO.O.[Cl-].[Cl-].[Cl-].[Eu+3]. The van der Waals surface area contributed by atoms with Gasteiger partial charge in [-0.3, -0.25) is 0 Å². The van der Waals surface area contributed by atoms with Crippen LogP contribution in [0.4, 0.5) is 0 Å². The second-order valence-electron chi connectivity index (χ2n) is 0.316. The van der Waals surface area contributed by atoms with Crippen LogP contribution in [-0.2, 0) is 0 Å². The molecule has 0 amide bonds. The van der Waals surface area contributed by atoms with E-state index in [9.17, 15) is 0 Å². The Labute approximate surface area is 109 Å². The van der Waals surface area contributed by atoms with Gasteiger partial charge < -0.3 is 47.8 Å². The summed E-state index contributed by atoms with van der Waals surface area (Å²) in [6, 6.07) is 0. The van der Waals surface area contributed by atoms with Crippen molar-refractivity contribution in [1.29, 1.82) is 0 Å². The Balaban J connectivity index is -0.00000000200. The van der Waals surface area contributed by atoms with E-state index in [-0.39, 0.29) is 98.7 Å². The van der Waals surface area contributed by atoms with Crippen LogP contribution in [0.5, 0.6) is 0 Å². The molecule has 8 heavy (non-hydrogen) atoms. The standard InChI is InChI=1S/C2H6O.3ClH.Eu.H2O/c1-2-3;;;;;/h3H,2H2,1H3;3*1H;;1H2/q;;;;+3;/p-3. The third kappa shape index (κ3) is 80.8. The van der Waals surface area contributed by atoms with E-state index in [4.69, 9.17) is 5.11 Å². The van der Waals surface area contributed by atoms with Crippen molar-refractivity contribution < 1.29 is 97.2 Å². The maximum Gasteiger partial charge on any atom is 3.00 e. The molecular formula is C2H8Cl3EuO2. The van der Waals surface area contributed by atoms with E-state index in [0.29, 0.717) is 0 Å². The van der Waals surface area contributed by atoms with Gasteiger partial charge in [-0.2, -0.15) is 0 Å². The molecule has 0 aliphatic rings. The van der Waals surface area contributed by atoms with E-state index in [1.807, 2.05) is 0 Å². The molecule has 0 unspecified atom stereocenters. The Hall–Kier alpha value is 2.37. The molecule has 0 radical (unpaired) electrons. The van der Waals surface area contributed by atoms with Crippen molar-refractivity contribution in [3.63, 3.8) is 0 Å². The summed E-state index contributed by atoms with van der Waals surface area (Å²) in [6.07, 6.45) is 0. The molecular weight excluding hydrogens is 314 g/mol. The van der Waals surface area contributed by atoms with E-state index in [0.717, 1.165) is 0 Å². The van der Waals surface area contributed by atoms with Crippen molar-refractivity contribution in [2.75, 3.05) is 6.61 Å². The molecule has 0 heterocycles. The van der Waals surface area contributed by atoms with Gasteiger partial charge in [0.1, 0.15) is 0 Å². The summed E-state index contributed by atoms with van der Waals surface area (Å²) >= 11 is 0. The first-order valence-corrected chi connectivity index (χ1v) is 1.02. The van der Waals surface area contributed by atoms with Gasteiger partial charge in [-0.15, -0.1) is 0 Å². The largest absolute Gasteiger partial charge is 3.00 e. The molecule has 3 N–H and O–H groups in total. The Morgan fingerprint density at radius 2 is 1.12 bits per heavy atom. The maximum absolute atomic E-state index is 7.57. The summed E-state index contributed by atoms with van der Waals surface area (Å²) in [7, 11) is 0. The second-order valence-corrected chi connectivity index (χ2v) is 0.316. The zero-order chi connectivity index (χ0) is 2.71. The third-order valence-corrected chi connectivity index (χ3v) is 0. The van der Waals surface area contributed by atoms with Crippen LogP contribution in [0.2, 0.25) is 0 Å². The van der Waals surface area contributed by atoms with Gasteiger partial charge in [0.25, 0.3) is 0 Å². The number of halogens is 3. The molecule has 0 aromatic rings. The summed E-state index contributed by atoms with van der Waals surface area (Å²) < 4.78 is 0. The predicted octanol–water partition coefficient (Wildman–Crippen LogP) is -9.81. The van der Waals surface area contributed by atoms with Crippen LogP contribution in [0, 0.1) is 49.4 Å². The molecule has 56 valence electrons. The molecule has 0 atom stereocenters. The number of hydrogen-bond acceptors (Lipinski definition) is 1. The Bertz CT molecular complexity index is 15.2. The first-order chi connectivity index (χ1) is 1.41. The average Bonchev–Trinajstić information content (AvgIpc) is 0.918. The number of hydrogen-bond donors (Lipinski definition) is 1. The first kappa shape index (κ1) is 47.6. The van der Waals surface area contributed by atoms with Gasteiger partial charge in [-0.1, -0.05) is 0 Å². The molecule has 0 fully saturated rings. The zero-order valence-corrected chi connectivity index (χ0v) is 8.86. The second kappa shape index (κ2) is 57.7. The number of aliphatic hydroxyl groups excluding tert-OH is 1. The molecule has 0 aromatic heterocycles. The van der Waals surface area contributed by atoms with Gasteiger partial charge in [-0.25, -0.2) is 0 Å². The van der Waals surface area contributed by atoms with Gasteiger partial charge in [0.05, 0.1) is 0 Å².